The highest BCUT2D eigenvalue weighted by Crippen LogP contribution is 2.32. The second-order valence-electron chi connectivity index (χ2n) is 12.7. The Bertz CT molecular complexity index is 991. The molecule has 0 saturated carbocycles. The fourth-order valence-corrected chi connectivity index (χ4v) is 5.95. The van der Waals surface area contributed by atoms with Gasteiger partial charge in [-0.1, -0.05) is 60.6 Å². The molecule has 0 aromatic heterocycles. The van der Waals surface area contributed by atoms with E-state index in [1.165, 1.54) is 23.1 Å². The maximum atomic E-state index is 12.6. The Kier molecular flexibility index (Phi) is 13.6. The van der Waals surface area contributed by atoms with Crippen LogP contribution in [0.2, 0.25) is 0 Å². The molecule has 3 rings (SSSR count). The first-order valence-corrected chi connectivity index (χ1v) is 15.7. The van der Waals surface area contributed by atoms with Crippen LogP contribution in [-0.4, -0.2) is 54.0 Å². The highest BCUT2D eigenvalue weighted by Gasteiger charge is 2.41. The van der Waals surface area contributed by atoms with Gasteiger partial charge in [0.25, 0.3) is 0 Å². The van der Waals surface area contributed by atoms with Crippen LogP contribution in [0.25, 0.3) is 0 Å². The molecule has 41 heavy (non-hydrogen) atoms. The molecule has 0 aromatic carbocycles. The fraction of sp³-hybridized carbons (Fsp3) is 0.686. The predicted molar refractivity (Wildman–Crippen MR) is 164 cm³/mol. The molecule has 1 saturated heterocycles. The summed E-state index contributed by atoms with van der Waals surface area (Å²) in [5.74, 6) is 1.03. The van der Waals surface area contributed by atoms with Gasteiger partial charge in [0.05, 0.1) is 13.2 Å². The Morgan fingerprint density at radius 2 is 1.63 bits per heavy atom. The van der Waals surface area contributed by atoms with E-state index in [2.05, 4.69) is 46.1 Å². The Balaban J connectivity index is 1.33. The monoisotopic (exact) mass is 570 g/mol. The number of ether oxygens (including phenoxy) is 3. The first kappa shape index (κ1) is 33.5. The lowest BCUT2D eigenvalue weighted by Gasteiger charge is -2.37. The zero-order valence-corrected chi connectivity index (χ0v) is 25.9. The zero-order chi connectivity index (χ0) is 29.9. The van der Waals surface area contributed by atoms with Crippen LogP contribution in [-0.2, 0) is 19.0 Å². The van der Waals surface area contributed by atoms with Gasteiger partial charge in [-0.15, -0.1) is 0 Å². The molecule has 1 heterocycles. The molecule has 6 nitrogen and oxygen atoms in total. The summed E-state index contributed by atoms with van der Waals surface area (Å²) in [6.07, 6.45) is 13.9. The molecule has 2 aliphatic carbocycles. The van der Waals surface area contributed by atoms with Gasteiger partial charge in [0.2, 0.25) is 0 Å². The van der Waals surface area contributed by atoms with Crippen molar-refractivity contribution in [1.82, 2.24) is 0 Å². The quantitative estimate of drug-likeness (QED) is 0.131. The molecule has 1 aliphatic heterocycles. The van der Waals surface area contributed by atoms with Gasteiger partial charge in [0.1, 0.15) is 12.2 Å². The summed E-state index contributed by atoms with van der Waals surface area (Å²) in [5, 5.41) is 21.2. The standard InChI is InChI=1S/C35H54O6/c1-23(2)29-17-13-27(14-18-29)11-7-9-25(5)21-39-35-33(37)32(36)31(22-40-35)41-34(38)26(6)10-8-12-28-15-19-30(20-16-28)24(3)4/h10,13,15,25,29-33,35-37H,1,3,7-9,11-12,14,16-22H2,2,4-6H3/b26-10+/t25?,29?,30?,31-,32+,33-,35-/m1/s1. The minimum absolute atomic E-state index is 0.0214. The van der Waals surface area contributed by atoms with E-state index in [-0.39, 0.29) is 6.61 Å². The molecule has 6 heteroatoms. The Morgan fingerprint density at radius 3 is 2.20 bits per heavy atom. The molecule has 230 valence electrons. The molecular formula is C35H54O6. The topological polar surface area (TPSA) is 85.2 Å². The van der Waals surface area contributed by atoms with Gasteiger partial charge in [-0.05, 0) is 109 Å². The first-order chi connectivity index (χ1) is 19.5. The number of aliphatic hydroxyl groups is 2. The summed E-state index contributed by atoms with van der Waals surface area (Å²) in [6.45, 7) is 16.6. The van der Waals surface area contributed by atoms with Crippen LogP contribution in [0.5, 0.6) is 0 Å². The average Bonchev–Trinajstić information content (AvgIpc) is 2.95. The predicted octanol–water partition coefficient (Wildman–Crippen LogP) is 7.13. The van der Waals surface area contributed by atoms with Crippen molar-refractivity contribution in [1.29, 1.82) is 0 Å². The number of allylic oxidation sites excluding steroid dienone is 7. The largest absolute Gasteiger partial charge is 0.454 e. The lowest BCUT2D eigenvalue weighted by atomic mass is 9.84. The molecule has 0 aromatic rings. The minimum atomic E-state index is -1.28. The van der Waals surface area contributed by atoms with Gasteiger partial charge < -0.3 is 24.4 Å². The van der Waals surface area contributed by atoms with Crippen LogP contribution >= 0.6 is 0 Å². The van der Waals surface area contributed by atoms with Crippen molar-refractivity contribution in [3.8, 4) is 0 Å². The fourth-order valence-electron chi connectivity index (χ4n) is 5.95. The Morgan fingerprint density at radius 1 is 1.02 bits per heavy atom. The van der Waals surface area contributed by atoms with Crippen LogP contribution in [0.15, 0.2) is 59.3 Å². The van der Waals surface area contributed by atoms with E-state index in [1.807, 2.05) is 6.08 Å². The van der Waals surface area contributed by atoms with Crippen LogP contribution in [0.1, 0.15) is 98.3 Å². The van der Waals surface area contributed by atoms with E-state index in [0.29, 0.717) is 29.9 Å². The third-order valence-electron chi connectivity index (χ3n) is 9.07. The van der Waals surface area contributed by atoms with Gasteiger partial charge in [0, 0.05) is 5.57 Å². The smallest absolute Gasteiger partial charge is 0.333 e. The molecule has 0 amide bonds. The van der Waals surface area contributed by atoms with E-state index < -0.39 is 30.6 Å². The molecule has 2 N–H and O–H groups in total. The molecular weight excluding hydrogens is 516 g/mol. The first-order valence-electron chi connectivity index (χ1n) is 15.7. The maximum Gasteiger partial charge on any atom is 0.333 e. The summed E-state index contributed by atoms with van der Waals surface area (Å²) >= 11 is 0. The average molecular weight is 571 g/mol. The number of carbonyl (C=O) groups is 1. The molecule has 3 unspecified atom stereocenters. The molecule has 0 bridgehead atoms. The van der Waals surface area contributed by atoms with Crippen molar-refractivity contribution < 1.29 is 29.2 Å². The van der Waals surface area contributed by atoms with Crippen LogP contribution in [0, 0.1) is 17.8 Å². The Hall–Kier alpha value is -1.99. The summed E-state index contributed by atoms with van der Waals surface area (Å²) in [4.78, 5) is 12.6. The Labute approximate surface area is 248 Å². The third kappa shape index (κ3) is 10.7. The van der Waals surface area contributed by atoms with Crippen LogP contribution in [0.4, 0.5) is 0 Å². The molecule has 7 atom stereocenters. The van der Waals surface area contributed by atoms with Crippen LogP contribution in [0.3, 0.4) is 0 Å². The summed E-state index contributed by atoms with van der Waals surface area (Å²) in [5.41, 5.74) is 6.01. The molecule has 0 spiro atoms. The maximum absolute atomic E-state index is 12.6. The van der Waals surface area contributed by atoms with Crippen molar-refractivity contribution in [3.05, 3.63) is 59.3 Å². The second-order valence-corrected chi connectivity index (χ2v) is 12.7. The van der Waals surface area contributed by atoms with E-state index >= 15 is 0 Å². The summed E-state index contributed by atoms with van der Waals surface area (Å²) in [7, 11) is 0. The summed E-state index contributed by atoms with van der Waals surface area (Å²) < 4.78 is 17.0. The van der Waals surface area contributed by atoms with Crippen LogP contribution < -0.4 is 0 Å². The van der Waals surface area contributed by atoms with Gasteiger partial charge in [-0.3, -0.25) is 0 Å². The number of carbonyl (C=O) groups excluding carboxylic acids is 1. The zero-order valence-electron chi connectivity index (χ0n) is 25.9. The van der Waals surface area contributed by atoms with E-state index in [1.54, 1.807) is 12.5 Å². The van der Waals surface area contributed by atoms with Crippen molar-refractivity contribution in [2.24, 2.45) is 17.8 Å². The van der Waals surface area contributed by atoms with Gasteiger partial charge in [-0.2, -0.15) is 0 Å². The van der Waals surface area contributed by atoms with Crippen molar-refractivity contribution in [2.75, 3.05) is 13.2 Å². The second kappa shape index (κ2) is 16.6. The number of hydrogen-bond acceptors (Lipinski definition) is 6. The highest BCUT2D eigenvalue weighted by atomic mass is 16.7. The van der Waals surface area contributed by atoms with Crippen molar-refractivity contribution in [2.45, 2.75) is 123 Å². The molecule has 3 aliphatic rings. The number of rotatable bonds is 14. The highest BCUT2D eigenvalue weighted by molar-refractivity contribution is 5.87. The van der Waals surface area contributed by atoms with E-state index in [4.69, 9.17) is 14.2 Å². The minimum Gasteiger partial charge on any atom is -0.454 e. The van der Waals surface area contributed by atoms with Gasteiger partial charge in [-0.25, -0.2) is 4.79 Å². The normalized spacial score (nSPS) is 29.8. The molecule has 1 fully saturated rings. The van der Waals surface area contributed by atoms with E-state index in [0.717, 1.165) is 64.2 Å². The van der Waals surface area contributed by atoms with Gasteiger partial charge in [0.15, 0.2) is 12.4 Å². The lowest BCUT2D eigenvalue weighted by Crippen LogP contribution is -2.55. The number of aliphatic hydroxyl groups excluding tert-OH is 2. The number of esters is 1. The lowest BCUT2D eigenvalue weighted by molar-refractivity contribution is -0.275. The van der Waals surface area contributed by atoms with Gasteiger partial charge >= 0.3 is 5.97 Å². The molecule has 0 radical (unpaired) electrons. The number of hydrogen-bond donors (Lipinski definition) is 2. The summed E-state index contributed by atoms with van der Waals surface area (Å²) in [6, 6.07) is 0. The third-order valence-corrected chi connectivity index (χ3v) is 9.07. The van der Waals surface area contributed by atoms with E-state index in [9.17, 15) is 15.0 Å². The van der Waals surface area contributed by atoms with Crippen molar-refractivity contribution in [3.63, 3.8) is 0 Å². The van der Waals surface area contributed by atoms with Crippen molar-refractivity contribution >= 4 is 5.97 Å². The SMILES string of the molecule is C=C(C)C1CC=C(CC/C=C(\C)C(=O)O[C@@H]2CO[C@@H](OCC(C)CCCC3=CCC(C(=C)C)CC3)[C@H](O)[C@H]2O)CC1.